The Morgan fingerprint density at radius 2 is 1.65 bits per heavy atom. The molecule has 1 fully saturated rings. The van der Waals surface area contributed by atoms with E-state index in [-0.39, 0.29) is 0 Å². The maximum atomic E-state index is 5.06. The minimum absolute atomic E-state index is 0.824. The van der Waals surface area contributed by atoms with E-state index in [1.807, 2.05) is 41.5 Å². The van der Waals surface area contributed by atoms with E-state index in [0.717, 1.165) is 19.1 Å². The Bertz CT molecular complexity index is 142. The fourth-order valence-corrected chi connectivity index (χ4v) is 0.828. The lowest BCUT2D eigenvalue weighted by atomic mass is 10.2. The summed E-state index contributed by atoms with van der Waals surface area (Å²) in [5, 5.41) is 3.35. The molecule has 0 saturated carbocycles. The van der Waals surface area contributed by atoms with Crippen molar-refractivity contribution in [2.24, 2.45) is 5.92 Å². The molecule has 0 N–H and O–H groups in total. The molecule has 0 amide bonds. The molecular weight excluding hydrogens is 214 g/mol. The summed E-state index contributed by atoms with van der Waals surface area (Å²) >= 11 is 0. The Labute approximate surface area is 108 Å². The van der Waals surface area contributed by atoms with E-state index in [9.17, 15) is 0 Å². The van der Waals surface area contributed by atoms with Crippen molar-refractivity contribution in [3.8, 4) is 0 Å². The molecule has 1 aromatic rings. The van der Waals surface area contributed by atoms with Gasteiger partial charge in [0.2, 0.25) is 0 Å². The molecule has 2 heterocycles. The van der Waals surface area contributed by atoms with Crippen molar-refractivity contribution in [2.75, 3.05) is 13.2 Å². The lowest BCUT2D eigenvalue weighted by Gasteiger charge is -1.89. The number of hydrogen-bond donors (Lipinski definition) is 0. The van der Waals surface area contributed by atoms with Crippen molar-refractivity contribution >= 4 is 0 Å². The fourth-order valence-electron chi connectivity index (χ4n) is 0.828. The average molecular weight is 245 g/mol. The summed E-state index contributed by atoms with van der Waals surface area (Å²) < 4.78 is 9.39. The second-order valence-electron chi connectivity index (χ2n) is 2.66. The van der Waals surface area contributed by atoms with Gasteiger partial charge in [-0.05, 0) is 18.4 Å². The van der Waals surface area contributed by atoms with E-state index in [1.165, 1.54) is 12.7 Å². The maximum absolute atomic E-state index is 5.06. The first kappa shape index (κ1) is 21.5. The number of rotatable bonds is 0. The molecule has 0 spiro atoms. The van der Waals surface area contributed by atoms with E-state index in [4.69, 9.17) is 4.74 Å². The SMILES string of the molecule is CC.CC.CC.CC1CCOC1.c1cnoc1. The highest BCUT2D eigenvalue weighted by Gasteiger charge is 2.07. The molecule has 0 aliphatic carbocycles. The Hall–Kier alpha value is -0.830. The van der Waals surface area contributed by atoms with Gasteiger partial charge in [0.25, 0.3) is 0 Å². The summed E-state index contributed by atoms with van der Waals surface area (Å²) in [6, 6.07) is 1.72. The Morgan fingerprint density at radius 1 is 1.06 bits per heavy atom. The van der Waals surface area contributed by atoms with Crippen LogP contribution in [0.1, 0.15) is 54.9 Å². The molecule has 0 bridgehead atoms. The van der Waals surface area contributed by atoms with E-state index in [0.29, 0.717) is 0 Å². The van der Waals surface area contributed by atoms with Crippen LogP contribution in [0, 0.1) is 5.92 Å². The van der Waals surface area contributed by atoms with Crippen molar-refractivity contribution in [1.29, 1.82) is 0 Å². The van der Waals surface area contributed by atoms with Crippen molar-refractivity contribution in [2.45, 2.75) is 54.9 Å². The number of ether oxygens (including phenoxy) is 1. The zero-order valence-electron chi connectivity index (χ0n) is 12.7. The molecule has 17 heavy (non-hydrogen) atoms. The van der Waals surface area contributed by atoms with Gasteiger partial charge in [0.1, 0.15) is 6.26 Å². The molecule has 1 atom stereocenters. The van der Waals surface area contributed by atoms with Crippen molar-refractivity contribution in [3.63, 3.8) is 0 Å². The topological polar surface area (TPSA) is 35.3 Å². The van der Waals surface area contributed by atoms with Crippen LogP contribution in [-0.4, -0.2) is 18.4 Å². The zero-order valence-corrected chi connectivity index (χ0v) is 12.7. The summed E-state index contributed by atoms with van der Waals surface area (Å²) in [7, 11) is 0. The highest BCUT2D eigenvalue weighted by molar-refractivity contribution is 4.67. The summed E-state index contributed by atoms with van der Waals surface area (Å²) in [5.41, 5.74) is 0. The molecule has 1 unspecified atom stereocenters. The summed E-state index contributed by atoms with van der Waals surface area (Å²) in [6.07, 6.45) is 4.36. The minimum atomic E-state index is 0.824. The molecule has 1 aromatic heterocycles. The third-order valence-corrected chi connectivity index (χ3v) is 1.50. The van der Waals surface area contributed by atoms with Gasteiger partial charge in [-0.15, -0.1) is 0 Å². The minimum Gasteiger partial charge on any atom is -0.381 e. The first-order valence-electron chi connectivity index (χ1n) is 6.81. The maximum Gasteiger partial charge on any atom is 0.123 e. The predicted octanol–water partition coefficient (Wildman–Crippen LogP) is 4.80. The van der Waals surface area contributed by atoms with Gasteiger partial charge in [0.05, 0.1) is 6.20 Å². The summed E-state index contributed by atoms with van der Waals surface area (Å²) in [4.78, 5) is 0. The molecule has 1 aliphatic heterocycles. The van der Waals surface area contributed by atoms with Gasteiger partial charge in [-0.3, -0.25) is 0 Å². The van der Waals surface area contributed by atoms with Crippen LogP contribution in [0.5, 0.6) is 0 Å². The van der Waals surface area contributed by atoms with Gasteiger partial charge in [-0.1, -0.05) is 53.6 Å². The highest BCUT2D eigenvalue weighted by atomic mass is 16.5. The average Bonchev–Trinajstić information content (AvgIpc) is 3.12. The molecule has 1 saturated heterocycles. The van der Waals surface area contributed by atoms with Crippen LogP contribution in [0.4, 0.5) is 0 Å². The molecule has 0 radical (unpaired) electrons. The normalized spacial score (nSPS) is 15.6. The lowest BCUT2D eigenvalue weighted by molar-refractivity contribution is 0.188. The van der Waals surface area contributed by atoms with Gasteiger partial charge in [-0.25, -0.2) is 0 Å². The first-order chi connectivity index (χ1) is 8.39. The largest absolute Gasteiger partial charge is 0.381 e. The second-order valence-corrected chi connectivity index (χ2v) is 2.66. The van der Waals surface area contributed by atoms with Gasteiger partial charge in [0, 0.05) is 13.2 Å². The molecule has 3 nitrogen and oxygen atoms in total. The summed E-state index contributed by atoms with van der Waals surface area (Å²) in [5.74, 6) is 0.824. The van der Waals surface area contributed by atoms with Crippen LogP contribution in [0.25, 0.3) is 0 Å². The van der Waals surface area contributed by atoms with Crippen molar-refractivity contribution in [1.82, 2.24) is 5.16 Å². The Kier molecular flexibility index (Phi) is 30.8. The van der Waals surface area contributed by atoms with E-state index < -0.39 is 0 Å². The van der Waals surface area contributed by atoms with Gasteiger partial charge < -0.3 is 9.26 Å². The van der Waals surface area contributed by atoms with Crippen molar-refractivity contribution in [3.05, 3.63) is 18.5 Å². The fraction of sp³-hybridized carbons (Fsp3) is 0.786. The van der Waals surface area contributed by atoms with Gasteiger partial charge in [0.15, 0.2) is 0 Å². The molecule has 1 aliphatic rings. The zero-order chi connectivity index (χ0) is 13.9. The van der Waals surface area contributed by atoms with Crippen LogP contribution in [0.15, 0.2) is 23.0 Å². The van der Waals surface area contributed by atoms with Gasteiger partial charge in [-0.2, -0.15) is 0 Å². The highest BCUT2D eigenvalue weighted by Crippen LogP contribution is 2.09. The molecule has 2 rings (SSSR count). The van der Waals surface area contributed by atoms with E-state index >= 15 is 0 Å². The smallest absolute Gasteiger partial charge is 0.123 e. The predicted molar refractivity (Wildman–Crippen MR) is 75.1 cm³/mol. The van der Waals surface area contributed by atoms with Crippen LogP contribution in [0.2, 0.25) is 0 Å². The third-order valence-electron chi connectivity index (χ3n) is 1.50. The van der Waals surface area contributed by atoms with Crippen molar-refractivity contribution < 1.29 is 9.26 Å². The van der Waals surface area contributed by atoms with Crippen LogP contribution < -0.4 is 0 Å². The van der Waals surface area contributed by atoms with Crippen LogP contribution in [0.3, 0.4) is 0 Å². The summed E-state index contributed by atoms with van der Waals surface area (Å²) in [6.45, 7) is 16.2. The third kappa shape index (κ3) is 21.1. The van der Waals surface area contributed by atoms with E-state index in [1.54, 1.807) is 12.3 Å². The number of nitrogens with zero attached hydrogens (tertiary/aromatic N) is 1. The van der Waals surface area contributed by atoms with Crippen LogP contribution in [-0.2, 0) is 4.74 Å². The van der Waals surface area contributed by atoms with Gasteiger partial charge >= 0.3 is 0 Å². The monoisotopic (exact) mass is 245 g/mol. The quantitative estimate of drug-likeness (QED) is 0.659. The standard InChI is InChI=1S/C5H10O.C3H3NO.3C2H6/c1-5-2-3-6-4-5;1-2-4-5-3-1;3*1-2/h5H,2-4H2,1H3;1-3H;3*1-2H3. The lowest BCUT2D eigenvalue weighted by Crippen LogP contribution is -1.88. The molecular formula is C14H31NO2. The van der Waals surface area contributed by atoms with Crippen LogP contribution >= 0.6 is 0 Å². The molecule has 104 valence electrons. The first-order valence-corrected chi connectivity index (χ1v) is 6.81. The Balaban J connectivity index is -0.000000163. The second kappa shape index (κ2) is 24.4. The molecule has 3 heteroatoms. The molecule has 0 aromatic carbocycles. The number of aromatic nitrogens is 1. The van der Waals surface area contributed by atoms with E-state index in [2.05, 4.69) is 16.6 Å². The Morgan fingerprint density at radius 3 is 1.76 bits per heavy atom. The number of hydrogen-bond acceptors (Lipinski definition) is 3.